The van der Waals surface area contributed by atoms with Gasteiger partial charge in [0, 0.05) is 11.3 Å². The minimum absolute atomic E-state index is 1.01. The number of nitrogens with zero attached hydrogens (tertiary/aromatic N) is 1. The van der Waals surface area contributed by atoms with E-state index in [1.165, 1.54) is 11.1 Å². The molecule has 1 heterocycles. The van der Waals surface area contributed by atoms with Gasteiger partial charge in [0.05, 0.1) is 5.69 Å². The van der Waals surface area contributed by atoms with Gasteiger partial charge in [0.25, 0.3) is 0 Å². The monoisotopic (exact) mass is 261 g/mol. The molecule has 0 N–H and O–H groups in total. The normalized spacial score (nSPS) is 11.8. The summed E-state index contributed by atoms with van der Waals surface area (Å²) in [7, 11) is 0. The average Bonchev–Trinajstić information content (AvgIpc) is 2.48. The van der Waals surface area contributed by atoms with Crippen LogP contribution in [0.1, 0.15) is 18.2 Å². The molecule has 0 amide bonds. The summed E-state index contributed by atoms with van der Waals surface area (Å²) in [6, 6.07) is 14.5. The fraction of sp³-hybridized carbons (Fsp3) is 0.105. The Balaban J connectivity index is 2.49. The summed E-state index contributed by atoms with van der Waals surface area (Å²) in [5, 5.41) is 0. The highest BCUT2D eigenvalue weighted by atomic mass is 14.7. The molecule has 0 saturated carbocycles. The molecule has 2 aromatic rings. The summed E-state index contributed by atoms with van der Waals surface area (Å²) in [5.41, 5.74) is 5.52. The Morgan fingerprint density at radius 3 is 2.55 bits per heavy atom. The van der Waals surface area contributed by atoms with E-state index in [1.54, 1.807) is 6.08 Å². The molecule has 0 saturated heterocycles. The maximum Gasteiger partial charge on any atom is 0.0711 e. The van der Waals surface area contributed by atoms with E-state index in [4.69, 9.17) is 0 Å². The summed E-state index contributed by atoms with van der Waals surface area (Å²) < 4.78 is 0. The Morgan fingerprint density at radius 2 is 1.90 bits per heavy atom. The Kier molecular flexibility index (Phi) is 4.67. The smallest absolute Gasteiger partial charge is 0.0711 e. The third-order valence-corrected chi connectivity index (χ3v) is 3.08. The Morgan fingerprint density at radius 1 is 1.15 bits per heavy atom. The van der Waals surface area contributed by atoms with Gasteiger partial charge in [-0.2, -0.15) is 0 Å². The van der Waals surface area contributed by atoms with Gasteiger partial charge in [0.2, 0.25) is 0 Å². The van der Waals surface area contributed by atoms with Crippen LogP contribution in [0.15, 0.2) is 73.3 Å². The number of rotatable bonds is 4. The first kappa shape index (κ1) is 14.0. The highest BCUT2D eigenvalue weighted by Crippen LogP contribution is 2.23. The van der Waals surface area contributed by atoms with Crippen LogP contribution in [0.5, 0.6) is 0 Å². The molecule has 0 fully saturated rings. The van der Waals surface area contributed by atoms with Crippen molar-refractivity contribution in [2.75, 3.05) is 0 Å². The van der Waals surface area contributed by atoms with Crippen LogP contribution in [0, 0.1) is 6.92 Å². The maximum atomic E-state index is 4.63. The first-order valence-electron chi connectivity index (χ1n) is 6.74. The lowest BCUT2D eigenvalue weighted by Gasteiger charge is -2.08. The zero-order valence-electron chi connectivity index (χ0n) is 12.0. The summed E-state index contributed by atoms with van der Waals surface area (Å²) >= 11 is 0. The molecular formula is C19H19N. The maximum absolute atomic E-state index is 4.63. The molecule has 0 aliphatic rings. The molecule has 0 atom stereocenters. The van der Waals surface area contributed by atoms with Crippen molar-refractivity contribution in [3.05, 3.63) is 84.6 Å². The molecule has 0 radical (unpaired) electrons. The first-order valence-corrected chi connectivity index (χ1v) is 6.74. The van der Waals surface area contributed by atoms with Crippen molar-refractivity contribution >= 4 is 5.57 Å². The highest BCUT2D eigenvalue weighted by molar-refractivity contribution is 5.77. The predicted octanol–water partition coefficient (Wildman–Crippen LogP) is 5.20. The molecule has 1 aromatic carbocycles. The van der Waals surface area contributed by atoms with Crippen LogP contribution in [0.25, 0.3) is 16.8 Å². The fourth-order valence-electron chi connectivity index (χ4n) is 2.12. The first-order chi connectivity index (χ1) is 9.74. The number of aryl methyl sites for hydroxylation is 1. The van der Waals surface area contributed by atoms with Crippen LogP contribution in [0.4, 0.5) is 0 Å². The van der Waals surface area contributed by atoms with Crippen LogP contribution in [-0.2, 0) is 0 Å². The predicted molar refractivity (Wildman–Crippen MR) is 87.4 cm³/mol. The van der Waals surface area contributed by atoms with Crippen LogP contribution < -0.4 is 0 Å². The van der Waals surface area contributed by atoms with Gasteiger partial charge in [-0.25, -0.2) is 0 Å². The lowest BCUT2D eigenvalue weighted by Crippen LogP contribution is -1.91. The van der Waals surface area contributed by atoms with Crippen molar-refractivity contribution in [2.45, 2.75) is 13.8 Å². The molecule has 0 aliphatic carbocycles. The van der Waals surface area contributed by atoms with Crippen LogP contribution in [-0.4, -0.2) is 4.98 Å². The summed E-state index contributed by atoms with van der Waals surface area (Å²) in [4.78, 5) is 4.63. The summed E-state index contributed by atoms with van der Waals surface area (Å²) in [6.45, 7) is 7.79. The van der Waals surface area contributed by atoms with E-state index < -0.39 is 0 Å². The molecule has 1 nitrogen and oxygen atoms in total. The quantitative estimate of drug-likeness (QED) is 0.689. The molecule has 0 spiro atoms. The number of benzene rings is 1. The SMILES string of the molecule is C=C/C=C\C(=C/C)c1cc(C)nc(-c2ccccc2)c1. The Labute approximate surface area is 121 Å². The largest absolute Gasteiger partial charge is 0.253 e. The van der Waals surface area contributed by atoms with Gasteiger partial charge < -0.3 is 0 Å². The molecule has 0 unspecified atom stereocenters. The van der Waals surface area contributed by atoms with E-state index in [1.807, 2.05) is 38.1 Å². The number of allylic oxidation sites excluding steroid dienone is 5. The van der Waals surface area contributed by atoms with Crippen molar-refractivity contribution in [1.29, 1.82) is 0 Å². The van der Waals surface area contributed by atoms with E-state index in [2.05, 4.69) is 48.0 Å². The van der Waals surface area contributed by atoms with Crippen molar-refractivity contribution in [3.63, 3.8) is 0 Å². The molecule has 100 valence electrons. The van der Waals surface area contributed by atoms with Crippen molar-refractivity contribution in [1.82, 2.24) is 4.98 Å². The van der Waals surface area contributed by atoms with Crippen LogP contribution in [0.3, 0.4) is 0 Å². The summed E-state index contributed by atoms with van der Waals surface area (Å²) in [5.74, 6) is 0. The van der Waals surface area contributed by atoms with Gasteiger partial charge in [0.15, 0.2) is 0 Å². The number of hydrogen-bond acceptors (Lipinski definition) is 1. The molecule has 1 heteroatoms. The molecule has 20 heavy (non-hydrogen) atoms. The second kappa shape index (κ2) is 6.67. The summed E-state index contributed by atoms with van der Waals surface area (Å²) in [6.07, 6.45) is 7.91. The standard InChI is InChI=1S/C19H19N/c1-4-6-10-16(5-2)18-13-15(3)20-19(14-18)17-11-8-7-9-12-17/h4-14H,1H2,2-3H3/b10-6-,16-5+. The van der Waals surface area contributed by atoms with Crippen molar-refractivity contribution in [2.24, 2.45) is 0 Å². The minimum Gasteiger partial charge on any atom is -0.253 e. The van der Waals surface area contributed by atoms with Gasteiger partial charge in [-0.1, -0.05) is 61.2 Å². The second-order valence-electron chi connectivity index (χ2n) is 4.59. The van der Waals surface area contributed by atoms with E-state index in [0.29, 0.717) is 0 Å². The van der Waals surface area contributed by atoms with Gasteiger partial charge in [-0.3, -0.25) is 4.98 Å². The molecule has 0 aliphatic heterocycles. The van der Waals surface area contributed by atoms with Gasteiger partial charge in [-0.15, -0.1) is 0 Å². The van der Waals surface area contributed by atoms with Crippen molar-refractivity contribution in [3.8, 4) is 11.3 Å². The molecular weight excluding hydrogens is 242 g/mol. The fourth-order valence-corrected chi connectivity index (χ4v) is 2.12. The second-order valence-corrected chi connectivity index (χ2v) is 4.59. The van der Waals surface area contributed by atoms with E-state index in [-0.39, 0.29) is 0 Å². The lowest BCUT2D eigenvalue weighted by atomic mass is 10.0. The van der Waals surface area contributed by atoms with Crippen molar-refractivity contribution < 1.29 is 0 Å². The number of aromatic nitrogens is 1. The Bertz CT molecular complexity index is 649. The Hall–Kier alpha value is -2.41. The molecule has 0 bridgehead atoms. The third-order valence-electron chi connectivity index (χ3n) is 3.08. The van der Waals surface area contributed by atoms with Crippen LogP contribution in [0.2, 0.25) is 0 Å². The van der Waals surface area contributed by atoms with E-state index in [0.717, 1.165) is 17.0 Å². The number of pyridine rings is 1. The molecule has 1 aromatic heterocycles. The van der Waals surface area contributed by atoms with Crippen LogP contribution >= 0.6 is 0 Å². The average molecular weight is 261 g/mol. The highest BCUT2D eigenvalue weighted by Gasteiger charge is 2.04. The minimum atomic E-state index is 1.01. The van der Waals surface area contributed by atoms with Gasteiger partial charge >= 0.3 is 0 Å². The lowest BCUT2D eigenvalue weighted by molar-refractivity contribution is 1.20. The zero-order chi connectivity index (χ0) is 14.4. The zero-order valence-corrected chi connectivity index (χ0v) is 12.0. The molecule has 2 rings (SSSR count). The topological polar surface area (TPSA) is 12.9 Å². The number of hydrogen-bond donors (Lipinski definition) is 0. The van der Waals surface area contributed by atoms with E-state index >= 15 is 0 Å². The van der Waals surface area contributed by atoms with E-state index in [9.17, 15) is 0 Å². The van der Waals surface area contributed by atoms with Gasteiger partial charge in [-0.05, 0) is 37.1 Å². The van der Waals surface area contributed by atoms with Gasteiger partial charge in [0.1, 0.15) is 0 Å². The third kappa shape index (κ3) is 3.33.